The Morgan fingerprint density at radius 3 is 1.18 bits per heavy atom. The van der Waals surface area contributed by atoms with E-state index in [1.807, 2.05) is 18.7 Å². The third-order valence-electron chi connectivity index (χ3n) is 12.7. The highest BCUT2D eigenvalue weighted by molar-refractivity contribution is 5.67. The van der Waals surface area contributed by atoms with Crippen molar-refractivity contribution in [3.8, 4) is 0 Å². The zero-order valence-electron chi connectivity index (χ0n) is 41.9. The molecule has 0 aromatic heterocycles. The second kappa shape index (κ2) is 44.6. The van der Waals surface area contributed by atoms with Gasteiger partial charge in [0.1, 0.15) is 13.2 Å². The highest BCUT2D eigenvalue weighted by Crippen LogP contribution is 2.17. The minimum Gasteiger partial charge on any atom is -0.447 e. The highest BCUT2D eigenvalue weighted by Gasteiger charge is 2.20. The molecular formula is C53H105N3O6. The fourth-order valence-electron chi connectivity index (χ4n) is 8.69. The van der Waals surface area contributed by atoms with E-state index in [2.05, 4.69) is 24.1 Å². The number of hydrogen-bond acceptors (Lipinski definition) is 7. The highest BCUT2D eigenvalue weighted by atomic mass is 16.7. The van der Waals surface area contributed by atoms with Crippen molar-refractivity contribution in [2.75, 3.05) is 65.7 Å². The van der Waals surface area contributed by atoms with Crippen LogP contribution in [0, 0.1) is 0 Å². The Hall–Kier alpha value is -1.58. The van der Waals surface area contributed by atoms with E-state index in [4.69, 9.17) is 18.9 Å². The third kappa shape index (κ3) is 40.0. The zero-order chi connectivity index (χ0) is 44.9. The normalized spacial score (nSPS) is 13.6. The molecule has 1 rings (SSSR count). The molecule has 0 aliphatic carbocycles. The number of carbonyl (C=O) groups is 2. The molecule has 0 bridgehead atoms. The Morgan fingerprint density at radius 1 is 0.468 bits per heavy atom. The van der Waals surface area contributed by atoms with Gasteiger partial charge in [-0.05, 0) is 52.6 Å². The molecule has 0 radical (unpaired) electrons. The van der Waals surface area contributed by atoms with Crippen LogP contribution in [0.15, 0.2) is 0 Å². The van der Waals surface area contributed by atoms with Crippen molar-refractivity contribution in [3.05, 3.63) is 0 Å². The van der Waals surface area contributed by atoms with Gasteiger partial charge in [0.15, 0.2) is 5.79 Å². The van der Waals surface area contributed by atoms with Crippen molar-refractivity contribution in [2.45, 2.75) is 265 Å². The lowest BCUT2D eigenvalue weighted by atomic mass is 10.0. The number of carbonyl (C=O) groups excluding carboxylic acids is 2. The van der Waals surface area contributed by atoms with Crippen LogP contribution < -0.4 is 5.32 Å². The van der Waals surface area contributed by atoms with Crippen LogP contribution in [0.1, 0.15) is 259 Å². The van der Waals surface area contributed by atoms with Crippen LogP contribution in [-0.2, 0) is 18.9 Å². The summed E-state index contributed by atoms with van der Waals surface area (Å²) in [6, 6.07) is 0. The number of rotatable bonds is 45. The zero-order valence-corrected chi connectivity index (χ0v) is 41.9. The van der Waals surface area contributed by atoms with Gasteiger partial charge in [-0.25, -0.2) is 9.59 Å². The molecule has 0 aromatic carbocycles. The van der Waals surface area contributed by atoms with Crippen molar-refractivity contribution in [1.29, 1.82) is 0 Å². The largest absolute Gasteiger partial charge is 0.447 e. The molecular weight excluding hydrogens is 775 g/mol. The van der Waals surface area contributed by atoms with Gasteiger partial charge in [0, 0.05) is 26.2 Å². The van der Waals surface area contributed by atoms with Gasteiger partial charge in [-0.2, -0.15) is 0 Å². The molecule has 1 saturated heterocycles. The van der Waals surface area contributed by atoms with Crippen molar-refractivity contribution in [3.63, 3.8) is 0 Å². The predicted molar refractivity (Wildman–Crippen MR) is 262 cm³/mol. The number of nitrogens with zero attached hydrogens (tertiary/aromatic N) is 2. The van der Waals surface area contributed by atoms with Crippen molar-refractivity contribution in [1.82, 2.24) is 15.1 Å². The monoisotopic (exact) mass is 880 g/mol. The standard InChI is InChI=1S/C53H105N3O6/c1-5-7-9-11-13-15-17-19-21-23-25-27-29-31-33-39-44-56(45-40-34-32-30-28-26-24-22-20-18-16-14-12-10-8-6-2)52(58)60-48-50-62-53(3,4)61-49-47-59-51(57)54-41-46-55-42-37-35-36-38-43-55/h5-50H2,1-4H3,(H,54,57). The Balaban J connectivity index is 2.26. The average molecular weight is 880 g/mol. The van der Waals surface area contributed by atoms with Gasteiger partial charge in [-0.15, -0.1) is 0 Å². The molecule has 62 heavy (non-hydrogen) atoms. The summed E-state index contributed by atoms with van der Waals surface area (Å²) in [6.07, 6.45) is 47.4. The Kier molecular flexibility index (Phi) is 42.1. The van der Waals surface area contributed by atoms with Crippen LogP contribution in [0.2, 0.25) is 0 Å². The maximum absolute atomic E-state index is 13.3. The van der Waals surface area contributed by atoms with Gasteiger partial charge in [0.05, 0.1) is 13.2 Å². The number of ether oxygens (including phenoxy) is 4. The number of hydrogen-bond donors (Lipinski definition) is 1. The first-order valence-electron chi connectivity index (χ1n) is 27.2. The van der Waals surface area contributed by atoms with E-state index in [9.17, 15) is 9.59 Å². The van der Waals surface area contributed by atoms with Gasteiger partial charge >= 0.3 is 12.2 Å². The molecule has 2 amide bonds. The first kappa shape index (κ1) is 58.4. The second-order valence-electron chi connectivity index (χ2n) is 19.1. The van der Waals surface area contributed by atoms with E-state index in [-0.39, 0.29) is 32.5 Å². The molecule has 1 fully saturated rings. The molecule has 368 valence electrons. The number of likely N-dealkylation sites (tertiary alicyclic amines) is 1. The lowest BCUT2D eigenvalue weighted by molar-refractivity contribution is -0.220. The molecule has 1 aliphatic rings. The summed E-state index contributed by atoms with van der Waals surface area (Å²) in [7, 11) is 0. The Labute approximate surface area is 385 Å². The summed E-state index contributed by atoms with van der Waals surface area (Å²) >= 11 is 0. The molecule has 9 nitrogen and oxygen atoms in total. The van der Waals surface area contributed by atoms with E-state index < -0.39 is 11.9 Å². The minimum atomic E-state index is -0.889. The van der Waals surface area contributed by atoms with Crippen LogP contribution in [-0.4, -0.2) is 93.5 Å². The van der Waals surface area contributed by atoms with E-state index in [1.54, 1.807) is 0 Å². The van der Waals surface area contributed by atoms with Crippen LogP contribution >= 0.6 is 0 Å². The Bertz CT molecular complexity index is 924. The molecule has 0 unspecified atom stereocenters. The van der Waals surface area contributed by atoms with Crippen molar-refractivity contribution >= 4 is 12.2 Å². The molecule has 0 atom stereocenters. The lowest BCUT2D eigenvalue weighted by Gasteiger charge is -2.26. The number of unbranched alkanes of at least 4 members (excludes halogenated alkanes) is 30. The van der Waals surface area contributed by atoms with Gasteiger partial charge < -0.3 is 34.1 Å². The molecule has 0 spiro atoms. The first-order valence-corrected chi connectivity index (χ1v) is 27.2. The van der Waals surface area contributed by atoms with Crippen molar-refractivity contribution in [2.24, 2.45) is 0 Å². The maximum atomic E-state index is 13.3. The number of nitrogens with one attached hydrogen (secondary N) is 1. The SMILES string of the molecule is CCCCCCCCCCCCCCCCCCN(CCCCCCCCCCCCCCCCCC)C(=O)OCCOC(C)(C)OCCOC(=O)NCCN1CCCCCC1. The van der Waals surface area contributed by atoms with E-state index in [0.717, 1.165) is 45.6 Å². The van der Waals surface area contributed by atoms with Crippen LogP contribution in [0.5, 0.6) is 0 Å². The van der Waals surface area contributed by atoms with E-state index in [1.165, 1.54) is 218 Å². The summed E-state index contributed by atoms with van der Waals surface area (Å²) in [5, 5.41) is 2.85. The van der Waals surface area contributed by atoms with Gasteiger partial charge in [0.2, 0.25) is 0 Å². The summed E-state index contributed by atoms with van der Waals surface area (Å²) < 4.78 is 22.8. The topological polar surface area (TPSA) is 89.6 Å². The van der Waals surface area contributed by atoms with Crippen molar-refractivity contribution < 1.29 is 28.5 Å². The predicted octanol–water partition coefficient (Wildman–Crippen LogP) is 15.3. The maximum Gasteiger partial charge on any atom is 0.409 e. The van der Waals surface area contributed by atoms with Gasteiger partial charge in [-0.3, -0.25) is 0 Å². The lowest BCUT2D eigenvalue weighted by Crippen LogP contribution is -2.37. The number of amides is 2. The molecule has 0 saturated carbocycles. The quantitative estimate of drug-likeness (QED) is 0.0481. The van der Waals surface area contributed by atoms with Gasteiger partial charge in [0.25, 0.3) is 0 Å². The van der Waals surface area contributed by atoms with Crippen LogP contribution in [0.25, 0.3) is 0 Å². The molecule has 9 heteroatoms. The molecule has 1 N–H and O–H groups in total. The summed E-state index contributed by atoms with van der Waals surface area (Å²) in [6.45, 7) is 14.2. The summed E-state index contributed by atoms with van der Waals surface area (Å²) in [5.41, 5.74) is 0. The smallest absolute Gasteiger partial charge is 0.409 e. The third-order valence-corrected chi connectivity index (χ3v) is 12.7. The molecule has 1 heterocycles. The van der Waals surface area contributed by atoms with Crippen LogP contribution in [0.4, 0.5) is 9.59 Å². The first-order chi connectivity index (χ1) is 30.4. The van der Waals surface area contributed by atoms with E-state index in [0.29, 0.717) is 6.54 Å². The number of alkyl carbamates (subject to hydrolysis) is 1. The van der Waals surface area contributed by atoms with Crippen LogP contribution in [0.3, 0.4) is 0 Å². The fourth-order valence-corrected chi connectivity index (χ4v) is 8.69. The minimum absolute atomic E-state index is 0.144. The second-order valence-corrected chi connectivity index (χ2v) is 19.1. The fraction of sp³-hybridized carbons (Fsp3) is 0.962. The Morgan fingerprint density at radius 2 is 0.806 bits per heavy atom. The summed E-state index contributed by atoms with van der Waals surface area (Å²) in [4.78, 5) is 29.7. The molecule has 1 aliphatic heterocycles. The average Bonchev–Trinajstić information content (AvgIpc) is 3.54. The van der Waals surface area contributed by atoms with Gasteiger partial charge in [-0.1, -0.05) is 219 Å². The summed E-state index contributed by atoms with van der Waals surface area (Å²) in [5.74, 6) is -0.889. The van der Waals surface area contributed by atoms with E-state index >= 15 is 0 Å². The molecule has 0 aromatic rings.